The summed E-state index contributed by atoms with van der Waals surface area (Å²) < 4.78 is 26.6. The van der Waals surface area contributed by atoms with Crippen molar-refractivity contribution in [1.82, 2.24) is 5.32 Å². The van der Waals surface area contributed by atoms with Gasteiger partial charge in [-0.05, 0) is 36.6 Å². The Morgan fingerprint density at radius 1 is 1.10 bits per heavy atom. The molecule has 2 aromatic rings. The van der Waals surface area contributed by atoms with Crippen molar-refractivity contribution < 1.29 is 13.9 Å². The molecule has 0 aromatic heterocycles. The molecule has 2 N–H and O–H groups in total. The van der Waals surface area contributed by atoms with E-state index in [1.165, 1.54) is 5.56 Å². The molecule has 0 bridgehead atoms. The zero-order valence-electron chi connectivity index (χ0n) is 12.2. The molecule has 0 heterocycles. The Kier molecular flexibility index (Phi) is 4.91. The first kappa shape index (κ1) is 15.4. The van der Waals surface area contributed by atoms with Gasteiger partial charge in [-0.1, -0.05) is 36.8 Å². The van der Waals surface area contributed by atoms with Crippen LogP contribution in [0.2, 0.25) is 0 Å². The minimum absolute atomic E-state index is 0.116. The Hall–Kier alpha value is -1.94. The minimum Gasteiger partial charge on any atom is -0.503 e. The summed E-state index contributed by atoms with van der Waals surface area (Å²) in [5.41, 5.74) is 2.80. The number of phenols is 1. The molecule has 0 aliphatic carbocycles. The molecule has 1 atom stereocenters. The van der Waals surface area contributed by atoms with Gasteiger partial charge >= 0.3 is 0 Å². The lowest BCUT2D eigenvalue weighted by Gasteiger charge is -2.18. The molecule has 0 amide bonds. The molecule has 0 radical (unpaired) electrons. The van der Waals surface area contributed by atoms with Crippen molar-refractivity contribution in [2.45, 2.75) is 32.9 Å². The molecular weight excluding hydrogens is 272 g/mol. The third kappa shape index (κ3) is 3.79. The fraction of sp³-hybridized carbons (Fsp3) is 0.294. The predicted molar refractivity (Wildman–Crippen MR) is 79.1 cm³/mol. The largest absolute Gasteiger partial charge is 0.503 e. The Morgan fingerprint density at radius 3 is 2.19 bits per heavy atom. The summed E-state index contributed by atoms with van der Waals surface area (Å²) in [4.78, 5) is 0. The van der Waals surface area contributed by atoms with Gasteiger partial charge < -0.3 is 10.4 Å². The molecule has 2 nitrogen and oxygen atoms in total. The van der Waals surface area contributed by atoms with E-state index in [1.54, 1.807) is 0 Å². The smallest absolute Gasteiger partial charge is 0.187 e. The third-order valence-corrected chi connectivity index (χ3v) is 3.52. The number of halogens is 2. The molecule has 0 aliphatic rings. The average Bonchev–Trinajstić information content (AvgIpc) is 2.47. The van der Waals surface area contributed by atoms with E-state index in [-0.39, 0.29) is 6.04 Å². The van der Waals surface area contributed by atoms with Crippen LogP contribution in [0.5, 0.6) is 5.75 Å². The highest BCUT2D eigenvalue weighted by Gasteiger charge is 2.12. The molecule has 2 aromatic carbocycles. The number of benzene rings is 2. The van der Waals surface area contributed by atoms with E-state index in [0.717, 1.165) is 24.1 Å². The van der Waals surface area contributed by atoms with E-state index in [1.807, 2.05) is 19.1 Å². The first-order valence-electron chi connectivity index (χ1n) is 6.98. The second-order valence-corrected chi connectivity index (χ2v) is 5.16. The molecule has 112 valence electrons. The van der Waals surface area contributed by atoms with E-state index >= 15 is 0 Å². The Balaban J connectivity index is 2.08. The zero-order valence-corrected chi connectivity index (χ0v) is 12.2. The first-order chi connectivity index (χ1) is 10.0. The van der Waals surface area contributed by atoms with Gasteiger partial charge in [-0.2, -0.15) is 0 Å². The fourth-order valence-corrected chi connectivity index (χ4v) is 2.26. The molecule has 0 fully saturated rings. The number of aryl methyl sites for hydroxylation is 1. The van der Waals surface area contributed by atoms with Crippen LogP contribution in [0.1, 0.15) is 36.1 Å². The van der Waals surface area contributed by atoms with E-state index in [4.69, 9.17) is 5.11 Å². The summed E-state index contributed by atoms with van der Waals surface area (Å²) in [5, 5.41) is 12.4. The van der Waals surface area contributed by atoms with Gasteiger partial charge in [0, 0.05) is 12.6 Å². The molecule has 2 rings (SSSR count). The van der Waals surface area contributed by atoms with E-state index in [0.29, 0.717) is 12.1 Å². The topological polar surface area (TPSA) is 32.3 Å². The minimum atomic E-state index is -0.935. The second kappa shape index (κ2) is 6.68. The van der Waals surface area contributed by atoms with Gasteiger partial charge in [-0.3, -0.25) is 0 Å². The summed E-state index contributed by atoms with van der Waals surface area (Å²) in [5.74, 6) is -2.80. The van der Waals surface area contributed by atoms with Crippen molar-refractivity contribution in [3.8, 4) is 5.75 Å². The molecule has 1 unspecified atom stereocenters. The van der Waals surface area contributed by atoms with Gasteiger partial charge in [0.1, 0.15) is 0 Å². The number of phenolic OH excluding ortho intramolecular Hbond substituents is 1. The standard InChI is InChI=1S/C17H19F2NO/c1-3-16(13-6-4-11(2)5-7-13)20-10-12-8-14(18)17(21)15(19)9-12/h4-9,16,20-21H,3,10H2,1-2H3. The van der Waals surface area contributed by atoms with Crippen LogP contribution in [-0.2, 0) is 6.54 Å². The van der Waals surface area contributed by atoms with Gasteiger partial charge in [-0.25, -0.2) is 8.78 Å². The molecule has 0 saturated heterocycles. The molecule has 4 heteroatoms. The van der Waals surface area contributed by atoms with Gasteiger partial charge in [0.05, 0.1) is 0 Å². The maximum Gasteiger partial charge on any atom is 0.187 e. The normalized spacial score (nSPS) is 12.4. The predicted octanol–water partition coefficient (Wildman–Crippen LogP) is 4.22. The van der Waals surface area contributed by atoms with Gasteiger partial charge in [0.2, 0.25) is 0 Å². The fourth-order valence-electron chi connectivity index (χ4n) is 2.26. The van der Waals surface area contributed by atoms with Crippen molar-refractivity contribution in [3.05, 3.63) is 64.7 Å². The van der Waals surface area contributed by atoms with E-state index in [9.17, 15) is 8.78 Å². The zero-order chi connectivity index (χ0) is 15.4. The Morgan fingerprint density at radius 2 is 1.67 bits per heavy atom. The summed E-state index contributed by atoms with van der Waals surface area (Å²) in [6, 6.07) is 10.6. The monoisotopic (exact) mass is 291 g/mol. The highest BCUT2D eigenvalue weighted by atomic mass is 19.1. The number of nitrogens with one attached hydrogen (secondary N) is 1. The van der Waals surface area contributed by atoms with Crippen molar-refractivity contribution in [1.29, 1.82) is 0 Å². The molecular formula is C17H19F2NO. The van der Waals surface area contributed by atoms with Crippen LogP contribution >= 0.6 is 0 Å². The average molecular weight is 291 g/mol. The Bertz CT molecular complexity index is 588. The van der Waals surface area contributed by atoms with Crippen LogP contribution in [-0.4, -0.2) is 5.11 Å². The molecule has 0 saturated carbocycles. The highest BCUT2D eigenvalue weighted by Crippen LogP contribution is 2.22. The number of hydrogen-bond acceptors (Lipinski definition) is 2. The van der Waals surface area contributed by atoms with Crippen molar-refractivity contribution in [2.24, 2.45) is 0 Å². The van der Waals surface area contributed by atoms with Crippen LogP contribution in [0.25, 0.3) is 0 Å². The lowest BCUT2D eigenvalue weighted by molar-refractivity contribution is 0.394. The van der Waals surface area contributed by atoms with Crippen molar-refractivity contribution in [2.75, 3.05) is 0 Å². The maximum atomic E-state index is 13.3. The van der Waals surface area contributed by atoms with Crippen LogP contribution in [0.15, 0.2) is 36.4 Å². The van der Waals surface area contributed by atoms with Gasteiger partial charge in [0.25, 0.3) is 0 Å². The van der Waals surface area contributed by atoms with Crippen LogP contribution in [0.3, 0.4) is 0 Å². The lowest BCUT2D eigenvalue weighted by atomic mass is 10.0. The first-order valence-corrected chi connectivity index (χ1v) is 6.98. The molecule has 21 heavy (non-hydrogen) atoms. The summed E-state index contributed by atoms with van der Waals surface area (Å²) in [7, 11) is 0. The summed E-state index contributed by atoms with van der Waals surface area (Å²) >= 11 is 0. The van der Waals surface area contributed by atoms with Crippen LogP contribution in [0, 0.1) is 18.6 Å². The van der Waals surface area contributed by atoms with Gasteiger partial charge in [-0.15, -0.1) is 0 Å². The Labute approximate surface area is 123 Å². The van der Waals surface area contributed by atoms with Crippen LogP contribution < -0.4 is 5.32 Å². The summed E-state index contributed by atoms with van der Waals surface area (Å²) in [6.07, 6.45) is 0.867. The molecule has 0 spiro atoms. The maximum absolute atomic E-state index is 13.3. The number of rotatable bonds is 5. The van der Waals surface area contributed by atoms with Crippen LogP contribution in [0.4, 0.5) is 8.78 Å². The quantitative estimate of drug-likeness (QED) is 0.864. The number of hydrogen-bond donors (Lipinski definition) is 2. The SMILES string of the molecule is CCC(NCc1cc(F)c(O)c(F)c1)c1ccc(C)cc1. The van der Waals surface area contributed by atoms with Gasteiger partial charge in [0.15, 0.2) is 17.4 Å². The van der Waals surface area contributed by atoms with Crippen molar-refractivity contribution in [3.63, 3.8) is 0 Å². The van der Waals surface area contributed by atoms with E-state index in [2.05, 4.69) is 24.4 Å². The third-order valence-electron chi connectivity index (χ3n) is 3.52. The highest BCUT2D eigenvalue weighted by molar-refractivity contribution is 5.30. The molecule has 0 aliphatic heterocycles. The summed E-state index contributed by atoms with van der Waals surface area (Å²) in [6.45, 7) is 4.41. The second-order valence-electron chi connectivity index (χ2n) is 5.16. The lowest BCUT2D eigenvalue weighted by Crippen LogP contribution is -2.20. The number of aromatic hydroxyl groups is 1. The van der Waals surface area contributed by atoms with E-state index < -0.39 is 17.4 Å². The van der Waals surface area contributed by atoms with Crippen molar-refractivity contribution >= 4 is 0 Å².